The minimum atomic E-state index is -0.720. The Labute approximate surface area is 80.0 Å². The van der Waals surface area contributed by atoms with Crippen LogP contribution >= 0.6 is 0 Å². The predicted octanol–water partition coefficient (Wildman–Crippen LogP) is 1.22. The van der Waals surface area contributed by atoms with Crippen LogP contribution in [0, 0.1) is 0 Å². The summed E-state index contributed by atoms with van der Waals surface area (Å²) in [5, 5.41) is 0. The molecule has 0 bridgehead atoms. The summed E-state index contributed by atoms with van der Waals surface area (Å²) < 4.78 is 0. The van der Waals surface area contributed by atoms with E-state index in [9.17, 15) is 0 Å². The Hall–Kier alpha value is 0.868. The summed E-state index contributed by atoms with van der Waals surface area (Å²) in [4.78, 5) is 0. The first kappa shape index (κ1) is 14.4. The summed E-state index contributed by atoms with van der Waals surface area (Å²) >= 11 is 0. The molecule has 0 spiro atoms. The van der Waals surface area contributed by atoms with E-state index in [-0.39, 0.29) is 0 Å². The number of hydrogen-bond donors (Lipinski definition) is 0. The first-order valence-electron chi connectivity index (χ1n) is 4.66. The lowest BCUT2D eigenvalue weighted by molar-refractivity contribution is 1.71. The molecule has 0 fully saturated rings. The summed E-state index contributed by atoms with van der Waals surface area (Å²) in [7, 11) is 0.623. The van der Waals surface area contributed by atoms with Gasteiger partial charge >= 0.3 is 0 Å². The van der Waals surface area contributed by atoms with Crippen LogP contribution in [-0.4, -0.2) is 34.0 Å². The van der Waals surface area contributed by atoms with Crippen molar-refractivity contribution in [1.82, 2.24) is 0 Å². The van der Waals surface area contributed by atoms with Crippen molar-refractivity contribution in [3.63, 3.8) is 0 Å². The maximum atomic E-state index is 2.47. The van der Waals surface area contributed by atoms with Gasteiger partial charge in [0.2, 0.25) is 0 Å². The highest BCUT2D eigenvalue weighted by molar-refractivity contribution is 7.39. The second kappa shape index (κ2) is 5.50. The SMILES string of the molecule is C[SiH2][SiH3].C[Si](C)(C)[Si](C)(C)C. The lowest BCUT2D eigenvalue weighted by Gasteiger charge is -2.30. The minimum Gasteiger partial charge on any atom is -0.0774 e. The predicted molar refractivity (Wildman–Crippen MR) is 71.0 cm³/mol. The van der Waals surface area contributed by atoms with E-state index in [4.69, 9.17) is 0 Å². The molecule has 0 aromatic carbocycles. The van der Waals surface area contributed by atoms with Crippen molar-refractivity contribution in [3.8, 4) is 0 Å². The number of hydrogen-bond acceptors (Lipinski definition) is 0. The zero-order valence-electron chi connectivity index (χ0n) is 9.71. The van der Waals surface area contributed by atoms with Gasteiger partial charge in [0.25, 0.3) is 0 Å². The van der Waals surface area contributed by atoms with Crippen molar-refractivity contribution in [2.45, 2.75) is 45.8 Å². The first-order chi connectivity index (χ1) is 4.66. The molecule has 0 aromatic heterocycles. The monoisotopic (exact) mass is 222 g/mol. The fourth-order valence-corrected chi connectivity index (χ4v) is 0. The highest BCUT2D eigenvalue weighted by Crippen LogP contribution is 2.16. The highest BCUT2D eigenvalue weighted by atomic mass is 29.3. The highest BCUT2D eigenvalue weighted by Gasteiger charge is 2.31. The smallest absolute Gasteiger partial charge is 0.0379 e. The minimum absolute atomic E-state index is 0.556. The fraction of sp³-hybridized carbons (Fsp3) is 1.00. The van der Waals surface area contributed by atoms with E-state index in [0.717, 1.165) is 0 Å². The Morgan fingerprint density at radius 3 is 0.909 bits per heavy atom. The van der Waals surface area contributed by atoms with Gasteiger partial charge in [-0.05, 0) is 9.76 Å². The van der Waals surface area contributed by atoms with Crippen molar-refractivity contribution in [1.29, 1.82) is 0 Å². The van der Waals surface area contributed by atoms with E-state index in [1.165, 1.54) is 9.76 Å². The molecule has 0 unspecified atom stereocenters. The van der Waals surface area contributed by atoms with Gasteiger partial charge in [-0.2, -0.15) is 0 Å². The Balaban J connectivity index is 0. The van der Waals surface area contributed by atoms with Crippen LogP contribution in [0.3, 0.4) is 0 Å². The molecule has 4 heteroatoms. The zero-order valence-corrected chi connectivity index (χ0v) is 15.1. The van der Waals surface area contributed by atoms with Crippen LogP contribution in [0.25, 0.3) is 0 Å². The van der Waals surface area contributed by atoms with Gasteiger partial charge in [-0.25, -0.2) is 0 Å². The molecule has 0 saturated carbocycles. The molecule has 0 saturated heterocycles. The summed E-state index contributed by atoms with van der Waals surface area (Å²) in [6.07, 6.45) is 0. The topological polar surface area (TPSA) is 0 Å². The molecule has 0 rings (SSSR count). The average Bonchev–Trinajstić information content (AvgIpc) is 1.60. The van der Waals surface area contributed by atoms with Crippen molar-refractivity contribution < 1.29 is 0 Å². The molecule has 0 N–H and O–H groups in total. The molecular formula is C7H26Si4. The van der Waals surface area contributed by atoms with E-state index in [1.807, 2.05) is 0 Å². The molecule has 0 radical (unpaired) electrons. The Morgan fingerprint density at radius 1 is 0.818 bits per heavy atom. The third kappa shape index (κ3) is 8.78. The van der Waals surface area contributed by atoms with E-state index in [0.29, 0.717) is 9.04 Å². The molecule has 0 aromatic rings. The Bertz CT molecular complexity index is 75.6. The quantitative estimate of drug-likeness (QED) is 0.586. The second-order valence-electron chi connectivity index (χ2n) is 5.21. The lowest BCUT2D eigenvalue weighted by atomic mass is 11.8. The van der Waals surface area contributed by atoms with Crippen molar-refractivity contribution in [3.05, 3.63) is 0 Å². The fourth-order valence-electron chi connectivity index (χ4n) is 0. The maximum absolute atomic E-state index is 2.47. The van der Waals surface area contributed by atoms with Crippen LogP contribution in [0.4, 0.5) is 0 Å². The standard InChI is InChI=1S/C6H18Si2.CH8Si2/c1-7(2,3)8(4,5)6;1-3-2/h1-6H3;3H2,1-2H3. The third-order valence-corrected chi connectivity index (χ3v) is 20.2. The molecule has 0 aliphatic rings. The third-order valence-electron chi connectivity index (χ3n) is 2.25. The van der Waals surface area contributed by atoms with Gasteiger partial charge in [0.15, 0.2) is 0 Å². The molecule has 70 valence electrons. The van der Waals surface area contributed by atoms with Crippen LogP contribution in [-0.2, 0) is 0 Å². The molecule has 0 nitrogen and oxygen atoms in total. The summed E-state index contributed by atoms with van der Waals surface area (Å²) in [5.74, 6) is 0. The maximum Gasteiger partial charge on any atom is 0.0379 e. The van der Waals surface area contributed by atoms with Gasteiger partial charge in [-0.1, -0.05) is 45.8 Å². The Kier molecular flexibility index (Phi) is 7.20. The van der Waals surface area contributed by atoms with Crippen molar-refractivity contribution in [2.75, 3.05) is 0 Å². The number of rotatable bonds is 1. The molecule has 0 amide bonds. The Morgan fingerprint density at radius 2 is 0.909 bits per heavy atom. The van der Waals surface area contributed by atoms with Gasteiger partial charge in [0.1, 0.15) is 0 Å². The molecule has 11 heavy (non-hydrogen) atoms. The van der Waals surface area contributed by atoms with E-state index < -0.39 is 15.2 Å². The van der Waals surface area contributed by atoms with Crippen molar-refractivity contribution >= 4 is 34.0 Å². The molecule has 0 atom stereocenters. The first-order valence-corrected chi connectivity index (χ1v) is 19.7. The summed E-state index contributed by atoms with van der Waals surface area (Å²) in [6.45, 7) is 17.2. The van der Waals surface area contributed by atoms with Crippen LogP contribution in [0.15, 0.2) is 0 Å². The van der Waals surface area contributed by atoms with Gasteiger partial charge in [-0.3, -0.25) is 0 Å². The van der Waals surface area contributed by atoms with Crippen LogP contribution in [0.1, 0.15) is 0 Å². The second-order valence-corrected chi connectivity index (χ2v) is 28.9. The molecular weight excluding hydrogens is 196 g/mol. The van der Waals surface area contributed by atoms with Gasteiger partial charge < -0.3 is 0 Å². The molecule has 0 heterocycles. The van der Waals surface area contributed by atoms with Gasteiger partial charge in [-0.15, -0.1) is 0 Å². The van der Waals surface area contributed by atoms with Gasteiger partial charge in [0.05, 0.1) is 0 Å². The van der Waals surface area contributed by atoms with Gasteiger partial charge in [0, 0.05) is 24.2 Å². The molecule has 0 aliphatic heterocycles. The summed E-state index contributed by atoms with van der Waals surface area (Å²) in [5.41, 5.74) is 0. The van der Waals surface area contributed by atoms with E-state index in [2.05, 4.69) is 45.8 Å². The normalized spacial score (nSPS) is 13.4. The molecule has 0 aliphatic carbocycles. The van der Waals surface area contributed by atoms with E-state index >= 15 is 0 Å². The van der Waals surface area contributed by atoms with Crippen molar-refractivity contribution in [2.24, 2.45) is 0 Å². The lowest BCUT2D eigenvalue weighted by Crippen LogP contribution is -2.49. The zero-order chi connectivity index (χ0) is 9.71. The van der Waals surface area contributed by atoms with Crippen LogP contribution < -0.4 is 0 Å². The largest absolute Gasteiger partial charge is 0.0774 e. The van der Waals surface area contributed by atoms with Crippen LogP contribution in [0.2, 0.25) is 45.8 Å². The van der Waals surface area contributed by atoms with E-state index in [1.54, 1.807) is 0 Å². The average molecular weight is 223 g/mol. The van der Waals surface area contributed by atoms with Crippen LogP contribution in [0.5, 0.6) is 0 Å². The summed E-state index contributed by atoms with van der Waals surface area (Å²) in [6, 6.07) is 0.